The van der Waals surface area contributed by atoms with E-state index in [2.05, 4.69) is 30.5 Å². The number of imide groups is 1. The molecule has 3 fully saturated rings. The molecule has 14 nitrogen and oxygen atoms in total. The molecular formula is C45H49F2N9O5Si. The predicted octanol–water partition coefficient (Wildman–Crippen LogP) is 4.92. The zero-order valence-corrected chi connectivity index (χ0v) is 35.6. The maximum Gasteiger partial charge on any atom is 0.288 e. The number of aliphatic hydroxyl groups is 1. The molecule has 3 aliphatic rings. The number of halogens is 2. The Hall–Kier alpha value is -6.17. The first-order chi connectivity index (χ1) is 29.9. The van der Waals surface area contributed by atoms with E-state index < -0.39 is 35.0 Å². The van der Waals surface area contributed by atoms with Crippen molar-refractivity contribution in [3.63, 3.8) is 0 Å². The highest BCUT2D eigenvalue weighted by Gasteiger charge is 2.37. The Labute approximate surface area is 360 Å². The minimum Gasteiger partial charge on any atom is -0.396 e. The number of carbonyl (C=O) groups is 4. The number of aromatic amines is 1. The Morgan fingerprint density at radius 3 is 2.42 bits per heavy atom. The van der Waals surface area contributed by atoms with Gasteiger partial charge in [-0.3, -0.25) is 24.5 Å². The average Bonchev–Trinajstić information content (AvgIpc) is 3.71. The lowest BCUT2D eigenvalue weighted by atomic mass is 9.87. The number of piperidine rings is 2. The molecule has 5 aromatic rings. The van der Waals surface area contributed by atoms with Crippen molar-refractivity contribution in [1.82, 2.24) is 24.8 Å². The van der Waals surface area contributed by atoms with Crippen molar-refractivity contribution in [1.29, 1.82) is 0 Å². The first-order valence-corrected chi connectivity index (χ1v) is 21.9. The normalized spacial score (nSPS) is 18.0. The summed E-state index contributed by atoms with van der Waals surface area (Å²) >= 11 is 0. The number of rotatable bonds is 13. The van der Waals surface area contributed by atoms with Crippen LogP contribution in [0.4, 0.5) is 31.5 Å². The number of benzene rings is 3. The minimum absolute atomic E-state index is 0.00462. The van der Waals surface area contributed by atoms with Gasteiger partial charge in [0.2, 0.25) is 17.7 Å². The van der Waals surface area contributed by atoms with Gasteiger partial charge in [0.05, 0.1) is 29.0 Å². The SMILES string of the molecule is CCN(C)[Si]Nc1cccc(C(=O)c2c[nH]c3ncc(-c4ccc(N5CCN(C(=O)CC6(O)CCN(c7ccc(NC8CCC(=O)NC8=O)cc7F)CC6)CC5)cc4)cc23)c1F. The van der Waals surface area contributed by atoms with Crippen LogP contribution in [-0.4, -0.2) is 122 Å². The highest BCUT2D eigenvalue weighted by Crippen LogP contribution is 2.33. The number of H-pyrrole nitrogens is 1. The number of amides is 3. The molecule has 62 heavy (non-hydrogen) atoms. The van der Waals surface area contributed by atoms with Crippen molar-refractivity contribution in [2.45, 2.75) is 50.7 Å². The van der Waals surface area contributed by atoms with Crippen LogP contribution in [0.25, 0.3) is 22.2 Å². The van der Waals surface area contributed by atoms with Crippen LogP contribution in [0.15, 0.2) is 79.1 Å². The van der Waals surface area contributed by atoms with Gasteiger partial charge in [-0.25, -0.2) is 13.8 Å². The van der Waals surface area contributed by atoms with Crippen molar-refractivity contribution in [2.24, 2.45) is 0 Å². The van der Waals surface area contributed by atoms with E-state index in [9.17, 15) is 24.3 Å². The van der Waals surface area contributed by atoms with E-state index in [0.29, 0.717) is 86.5 Å². The van der Waals surface area contributed by atoms with Crippen molar-refractivity contribution in [2.75, 3.05) is 73.0 Å². The third-order valence-corrected chi connectivity index (χ3v) is 13.2. The summed E-state index contributed by atoms with van der Waals surface area (Å²) in [6.45, 7) is 5.83. The average molecular weight is 862 g/mol. The molecule has 0 bridgehead atoms. The molecule has 3 saturated heterocycles. The number of nitrogens with zero attached hydrogens (tertiary/aromatic N) is 5. The summed E-state index contributed by atoms with van der Waals surface area (Å²) in [6.07, 6.45) is 4.48. The van der Waals surface area contributed by atoms with E-state index in [-0.39, 0.29) is 45.7 Å². The lowest BCUT2D eigenvalue weighted by Gasteiger charge is -2.41. The monoisotopic (exact) mass is 861 g/mol. The van der Waals surface area contributed by atoms with E-state index in [1.807, 2.05) is 53.8 Å². The second kappa shape index (κ2) is 18.0. The van der Waals surface area contributed by atoms with Crippen molar-refractivity contribution in [3.8, 4) is 11.1 Å². The topological polar surface area (TPSA) is 166 Å². The van der Waals surface area contributed by atoms with Crippen LogP contribution in [0.3, 0.4) is 0 Å². The molecule has 3 aromatic carbocycles. The maximum atomic E-state index is 15.5. The summed E-state index contributed by atoms with van der Waals surface area (Å²) in [4.78, 5) is 67.3. The van der Waals surface area contributed by atoms with Gasteiger partial charge >= 0.3 is 0 Å². The zero-order chi connectivity index (χ0) is 43.5. The van der Waals surface area contributed by atoms with Crippen LogP contribution in [0, 0.1) is 11.6 Å². The second-order valence-electron chi connectivity index (χ2n) is 16.2. The van der Waals surface area contributed by atoms with Gasteiger partial charge in [0.1, 0.15) is 17.5 Å². The molecule has 2 aromatic heterocycles. The molecule has 8 rings (SSSR count). The molecule has 2 radical (unpaired) electrons. The third kappa shape index (κ3) is 9.19. The van der Waals surface area contributed by atoms with E-state index in [1.54, 1.807) is 41.6 Å². The first kappa shape index (κ1) is 42.5. The second-order valence-corrected chi connectivity index (χ2v) is 17.4. The van der Waals surface area contributed by atoms with Crippen LogP contribution in [0.5, 0.6) is 0 Å². The number of anilines is 4. The molecule has 0 saturated carbocycles. The molecular weight excluding hydrogens is 813 g/mol. The largest absolute Gasteiger partial charge is 0.396 e. The number of piperazine rings is 1. The number of hydrogen-bond donors (Lipinski definition) is 5. The summed E-state index contributed by atoms with van der Waals surface area (Å²) < 4.78 is 32.8. The van der Waals surface area contributed by atoms with Crippen LogP contribution in [-0.2, 0) is 14.4 Å². The van der Waals surface area contributed by atoms with Crippen molar-refractivity contribution in [3.05, 3.63) is 102 Å². The molecule has 3 amide bonds. The summed E-state index contributed by atoms with van der Waals surface area (Å²) in [5.41, 5.74) is 3.45. The van der Waals surface area contributed by atoms with Crippen molar-refractivity contribution >= 4 is 67.1 Å². The molecule has 1 unspecified atom stereocenters. The van der Waals surface area contributed by atoms with Gasteiger partial charge in [0.15, 0.2) is 11.6 Å². The lowest BCUT2D eigenvalue weighted by Crippen LogP contribution is -2.52. The smallest absolute Gasteiger partial charge is 0.288 e. The number of pyridine rings is 1. The van der Waals surface area contributed by atoms with E-state index in [0.717, 1.165) is 23.4 Å². The molecule has 3 aliphatic heterocycles. The number of carbonyl (C=O) groups excluding carboxylic acids is 4. The quantitative estimate of drug-likeness (QED) is 0.0620. The van der Waals surface area contributed by atoms with E-state index in [4.69, 9.17) is 0 Å². The van der Waals surface area contributed by atoms with E-state index in [1.165, 1.54) is 12.1 Å². The maximum absolute atomic E-state index is 15.5. The molecule has 322 valence electrons. The number of aromatic nitrogens is 2. The minimum atomic E-state index is -1.19. The molecule has 1 atom stereocenters. The van der Waals surface area contributed by atoms with E-state index >= 15 is 8.78 Å². The van der Waals surface area contributed by atoms with Gasteiger partial charge in [-0.2, -0.15) is 0 Å². The Morgan fingerprint density at radius 2 is 1.71 bits per heavy atom. The molecule has 0 aliphatic carbocycles. The molecule has 0 spiro atoms. The highest BCUT2D eigenvalue weighted by atomic mass is 28.2. The van der Waals surface area contributed by atoms with Crippen LogP contribution >= 0.6 is 0 Å². The van der Waals surface area contributed by atoms with Crippen molar-refractivity contribution < 1.29 is 33.1 Å². The fraction of sp³-hybridized carbons (Fsp3) is 0.356. The Bertz CT molecular complexity index is 2490. The Kier molecular flexibility index (Phi) is 12.4. The fourth-order valence-electron chi connectivity index (χ4n) is 8.23. The zero-order valence-electron chi connectivity index (χ0n) is 34.6. The molecule has 5 N–H and O–H groups in total. The van der Waals surface area contributed by atoms with Crippen LogP contribution in [0.1, 0.15) is 54.9 Å². The predicted molar refractivity (Wildman–Crippen MR) is 235 cm³/mol. The fourth-order valence-corrected chi connectivity index (χ4v) is 8.89. The summed E-state index contributed by atoms with van der Waals surface area (Å²) in [5, 5.41) is 17.3. The van der Waals surface area contributed by atoms with Gasteiger partial charge in [-0.1, -0.05) is 25.1 Å². The number of nitrogens with one attached hydrogen (secondary N) is 4. The van der Waals surface area contributed by atoms with Gasteiger partial charge < -0.3 is 39.7 Å². The third-order valence-electron chi connectivity index (χ3n) is 12.1. The summed E-state index contributed by atoms with van der Waals surface area (Å²) in [7, 11) is 2.10. The Balaban J connectivity index is 0.833. The van der Waals surface area contributed by atoms with Gasteiger partial charge in [-0.15, -0.1) is 0 Å². The number of fused-ring (bicyclic) bond motifs is 1. The highest BCUT2D eigenvalue weighted by molar-refractivity contribution is 6.37. The molecule has 5 heterocycles. The van der Waals surface area contributed by atoms with Crippen LogP contribution < -0.4 is 25.4 Å². The molecule has 17 heteroatoms. The number of ketones is 1. The Morgan fingerprint density at radius 1 is 0.952 bits per heavy atom. The summed E-state index contributed by atoms with van der Waals surface area (Å²) in [6, 6.07) is 18.8. The van der Waals surface area contributed by atoms with Gasteiger partial charge in [0, 0.05) is 86.0 Å². The number of hydrogen-bond acceptors (Lipinski definition) is 11. The van der Waals surface area contributed by atoms with Gasteiger partial charge in [0.25, 0.3) is 9.84 Å². The van der Waals surface area contributed by atoms with Crippen LogP contribution in [0.2, 0.25) is 0 Å². The first-order valence-electron chi connectivity index (χ1n) is 20.9. The lowest BCUT2D eigenvalue weighted by molar-refractivity contribution is -0.138. The standard InChI is InChI=1S/C45H49F2N9O5Si/c1-3-53(2)62-52-36-6-4-5-32(41(36)47)42(59)34-27-49-43-33(34)23-29(26-48-43)28-7-10-31(11-8-28)54-19-21-56(22-20-54)40(58)25-45(61)15-17-55(18-16-45)38-13-9-30(24-35(38)46)50-37-12-14-39(57)51-44(37)60/h4-11,13,23-24,26-27,37,50,52,61H,3,12,14-22,25H2,1-2H3,(H,48,49)(H,51,57,60). The summed E-state index contributed by atoms with van der Waals surface area (Å²) in [5.74, 6) is -2.35. The van der Waals surface area contributed by atoms with Gasteiger partial charge in [-0.05, 0) is 86.9 Å².